The molecule has 0 bridgehead atoms. The van der Waals surface area contributed by atoms with Gasteiger partial charge in [-0.05, 0) is 57.8 Å². The lowest BCUT2D eigenvalue weighted by Gasteiger charge is -2.20. The predicted molar refractivity (Wildman–Crippen MR) is 324 cm³/mol. The van der Waals surface area contributed by atoms with Gasteiger partial charge in [-0.2, -0.15) is 0 Å². The smallest absolute Gasteiger partial charge is 0.305 e. The Balaban J connectivity index is 3.43. The molecule has 6 heteroatoms. The summed E-state index contributed by atoms with van der Waals surface area (Å²) < 4.78 is 5.50. The predicted octanol–water partition coefficient (Wildman–Crippen LogP) is 21.4. The van der Waals surface area contributed by atoms with E-state index in [9.17, 15) is 19.8 Å². The van der Waals surface area contributed by atoms with Crippen molar-refractivity contribution in [3.63, 3.8) is 0 Å². The summed E-state index contributed by atoms with van der Waals surface area (Å²) in [6, 6.07) is -0.633. The molecule has 0 saturated heterocycles. The zero-order valence-electron chi connectivity index (χ0n) is 50.1. The van der Waals surface area contributed by atoms with E-state index in [0.717, 1.165) is 44.9 Å². The first-order chi connectivity index (χ1) is 36.5. The molecule has 0 rings (SSSR count). The van der Waals surface area contributed by atoms with Crippen molar-refractivity contribution in [2.75, 3.05) is 13.2 Å². The second-order valence-corrected chi connectivity index (χ2v) is 23.2. The Morgan fingerprint density at radius 1 is 0.365 bits per heavy atom. The minimum Gasteiger partial charge on any atom is -0.466 e. The Labute approximate surface area is 462 Å². The standard InChI is InChI=1S/C68H131NO5/c1-3-5-7-9-11-13-15-17-19-21-26-29-32-36-40-44-48-52-56-60-66(71)65(64-70)69-67(72)61-57-53-49-45-41-37-33-30-27-24-22-23-25-28-31-35-39-43-47-51-55-59-63-74-68(73)62-58-54-50-46-42-38-34-20-18-16-14-12-10-8-6-4-2/h24,27,56,60,65-66,70-71H,3-23,25-26,28-55,57-59,61-64H2,1-2H3,(H,69,72)/b27-24-,60-56+. The minimum absolute atomic E-state index is 0.0135. The first-order valence-corrected chi connectivity index (χ1v) is 33.6. The molecule has 2 atom stereocenters. The van der Waals surface area contributed by atoms with Gasteiger partial charge in [0.2, 0.25) is 5.91 Å². The van der Waals surface area contributed by atoms with Crippen molar-refractivity contribution in [2.45, 2.75) is 386 Å². The van der Waals surface area contributed by atoms with Crippen LogP contribution in [0.4, 0.5) is 0 Å². The van der Waals surface area contributed by atoms with Crippen molar-refractivity contribution in [3.05, 3.63) is 24.3 Å². The Morgan fingerprint density at radius 2 is 0.635 bits per heavy atom. The largest absolute Gasteiger partial charge is 0.466 e. The SMILES string of the molecule is CCCCCCCCCCCCCCCCCCC/C=C/C(O)C(CO)NC(=O)CCCCCCCCC/C=C\CCCCCCCCCCCCCOC(=O)CCCCCCCCCCCCCCCCCC. The van der Waals surface area contributed by atoms with Crippen LogP contribution in [0.3, 0.4) is 0 Å². The van der Waals surface area contributed by atoms with Gasteiger partial charge in [-0.1, -0.05) is 327 Å². The van der Waals surface area contributed by atoms with Crippen molar-refractivity contribution in [1.29, 1.82) is 0 Å². The molecule has 0 aromatic carbocycles. The van der Waals surface area contributed by atoms with Gasteiger partial charge in [-0.15, -0.1) is 0 Å². The summed E-state index contributed by atoms with van der Waals surface area (Å²) in [5.74, 6) is -0.0582. The van der Waals surface area contributed by atoms with Gasteiger partial charge in [0.25, 0.3) is 0 Å². The number of unbranched alkanes of at least 4 members (excludes halogenated alkanes) is 50. The molecule has 6 nitrogen and oxygen atoms in total. The lowest BCUT2D eigenvalue weighted by atomic mass is 10.0. The number of aliphatic hydroxyl groups is 2. The van der Waals surface area contributed by atoms with Gasteiger partial charge in [0.15, 0.2) is 0 Å². The fraction of sp³-hybridized carbons (Fsp3) is 0.912. The zero-order chi connectivity index (χ0) is 53.6. The molecule has 2 unspecified atom stereocenters. The summed E-state index contributed by atoms with van der Waals surface area (Å²) in [6.45, 7) is 4.93. The monoisotopic (exact) mass is 1040 g/mol. The highest BCUT2D eigenvalue weighted by molar-refractivity contribution is 5.76. The lowest BCUT2D eigenvalue weighted by molar-refractivity contribution is -0.143. The van der Waals surface area contributed by atoms with E-state index in [1.807, 2.05) is 6.08 Å². The third-order valence-corrected chi connectivity index (χ3v) is 15.7. The third kappa shape index (κ3) is 59.6. The molecule has 0 aliphatic rings. The van der Waals surface area contributed by atoms with Gasteiger partial charge in [0.1, 0.15) is 0 Å². The summed E-state index contributed by atoms with van der Waals surface area (Å²) in [5.41, 5.74) is 0. The quantitative estimate of drug-likeness (QED) is 0.0320. The van der Waals surface area contributed by atoms with Crippen LogP contribution in [-0.4, -0.2) is 47.4 Å². The van der Waals surface area contributed by atoms with Gasteiger partial charge in [0.05, 0.1) is 25.4 Å². The highest BCUT2D eigenvalue weighted by Gasteiger charge is 2.18. The maximum Gasteiger partial charge on any atom is 0.305 e. The number of esters is 1. The molecule has 0 aromatic heterocycles. The van der Waals surface area contributed by atoms with Crippen LogP contribution < -0.4 is 5.32 Å². The van der Waals surface area contributed by atoms with Crippen LogP contribution in [0.25, 0.3) is 0 Å². The van der Waals surface area contributed by atoms with E-state index in [-0.39, 0.29) is 18.5 Å². The number of hydrogen-bond acceptors (Lipinski definition) is 5. The normalized spacial score (nSPS) is 12.6. The molecule has 0 aliphatic carbocycles. The van der Waals surface area contributed by atoms with Crippen LogP contribution in [-0.2, 0) is 14.3 Å². The number of rotatable bonds is 63. The van der Waals surface area contributed by atoms with E-state index < -0.39 is 12.1 Å². The summed E-state index contributed by atoms with van der Waals surface area (Å²) in [4.78, 5) is 24.6. The molecule has 0 heterocycles. The number of nitrogens with one attached hydrogen (secondary N) is 1. The van der Waals surface area contributed by atoms with Gasteiger partial charge in [0, 0.05) is 12.8 Å². The zero-order valence-corrected chi connectivity index (χ0v) is 50.1. The number of carbonyl (C=O) groups is 2. The topological polar surface area (TPSA) is 95.9 Å². The molecular formula is C68H131NO5. The summed E-state index contributed by atoms with van der Waals surface area (Å²) >= 11 is 0. The van der Waals surface area contributed by atoms with Crippen LogP contribution in [0.5, 0.6) is 0 Å². The van der Waals surface area contributed by atoms with Crippen molar-refractivity contribution in [2.24, 2.45) is 0 Å². The Morgan fingerprint density at radius 3 is 0.959 bits per heavy atom. The number of ether oxygens (including phenoxy) is 1. The second kappa shape index (κ2) is 63.9. The van der Waals surface area contributed by atoms with E-state index in [1.165, 1.54) is 302 Å². The third-order valence-electron chi connectivity index (χ3n) is 15.7. The lowest BCUT2D eigenvalue weighted by Crippen LogP contribution is -2.45. The molecule has 0 fully saturated rings. The Bertz CT molecular complexity index is 1150. The summed E-state index contributed by atoms with van der Waals surface area (Å²) in [6.07, 6.45) is 79.5. The fourth-order valence-electron chi connectivity index (χ4n) is 10.6. The van der Waals surface area contributed by atoms with Gasteiger partial charge < -0.3 is 20.3 Å². The maximum atomic E-state index is 12.5. The molecule has 1 amide bonds. The van der Waals surface area contributed by atoms with Gasteiger partial charge in [-0.3, -0.25) is 9.59 Å². The Kier molecular flexibility index (Phi) is 62.4. The first-order valence-electron chi connectivity index (χ1n) is 33.6. The molecule has 0 saturated carbocycles. The number of hydrogen-bond donors (Lipinski definition) is 3. The van der Waals surface area contributed by atoms with Crippen LogP contribution in [0.1, 0.15) is 373 Å². The van der Waals surface area contributed by atoms with Crippen LogP contribution in [0, 0.1) is 0 Å². The maximum absolute atomic E-state index is 12.5. The Hall–Kier alpha value is -1.66. The molecular weight excluding hydrogens is 911 g/mol. The highest BCUT2D eigenvalue weighted by atomic mass is 16.5. The van der Waals surface area contributed by atoms with E-state index in [2.05, 4.69) is 31.3 Å². The van der Waals surface area contributed by atoms with Crippen molar-refractivity contribution < 1.29 is 24.5 Å². The summed E-state index contributed by atoms with van der Waals surface area (Å²) in [5, 5.41) is 23.2. The van der Waals surface area contributed by atoms with Crippen LogP contribution >= 0.6 is 0 Å². The molecule has 74 heavy (non-hydrogen) atoms. The van der Waals surface area contributed by atoms with E-state index in [4.69, 9.17) is 4.74 Å². The van der Waals surface area contributed by atoms with Crippen LogP contribution in [0.15, 0.2) is 24.3 Å². The number of aliphatic hydroxyl groups excluding tert-OH is 2. The van der Waals surface area contributed by atoms with Crippen molar-refractivity contribution >= 4 is 11.9 Å². The first kappa shape index (κ1) is 72.3. The number of carbonyl (C=O) groups excluding carboxylic acids is 2. The molecule has 438 valence electrons. The van der Waals surface area contributed by atoms with E-state index in [1.54, 1.807) is 6.08 Å². The highest BCUT2D eigenvalue weighted by Crippen LogP contribution is 2.18. The number of allylic oxidation sites excluding steroid dienone is 3. The number of amides is 1. The van der Waals surface area contributed by atoms with E-state index in [0.29, 0.717) is 19.4 Å². The van der Waals surface area contributed by atoms with Crippen molar-refractivity contribution in [3.8, 4) is 0 Å². The van der Waals surface area contributed by atoms with Gasteiger partial charge >= 0.3 is 5.97 Å². The second-order valence-electron chi connectivity index (χ2n) is 23.2. The molecule has 0 aromatic rings. The van der Waals surface area contributed by atoms with Crippen LogP contribution in [0.2, 0.25) is 0 Å². The molecule has 3 N–H and O–H groups in total. The van der Waals surface area contributed by atoms with Gasteiger partial charge in [-0.25, -0.2) is 0 Å². The summed E-state index contributed by atoms with van der Waals surface area (Å²) in [7, 11) is 0. The van der Waals surface area contributed by atoms with Crippen molar-refractivity contribution in [1.82, 2.24) is 5.32 Å². The molecule has 0 aliphatic heterocycles. The molecule has 0 spiro atoms. The average molecular weight is 1040 g/mol. The minimum atomic E-state index is -0.849. The fourth-order valence-corrected chi connectivity index (χ4v) is 10.6. The molecule has 0 radical (unpaired) electrons. The van der Waals surface area contributed by atoms with E-state index >= 15 is 0 Å². The average Bonchev–Trinajstić information content (AvgIpc) is 3.40.